The van der Waals surface area contributed by atoms with Crippen LogP contribution in [0.25, 0.3) is 10.2 Å². The molecule has 0 saturated carbocycles. The van der Waals surface area contributed by atoms with Crippen LogP contribution in [-0.4, -0.2) is 23.0 Å². The Morgan fingerprint density at radius 2 is 2.20 bits per heavy atom. The number of carbonyl (C=O) groups is 1. The van der Waals surface area contributed by atoms with Gasteiger partial charge in [0.05, 0.1) is 27.9 Å². The summed E-state index contributed by atoms with van der Waals surface area (Å²) in [4.78, 5) is 20.9. The lowest BCUT2D eigenvalue weighted by Crippen LogP contribution is -2.10. The van der Waals surface area contributed by atoms with E-state index >= 15 is 0 Å². The number of fused-ring (bicyclic) bond motifs is 1. The minimum Gasteiger partial charge on any atom is -0.495 e. The zero-order chi connectivity index (χ0) is 13.9. The molecule has 2 heterocycles. The first-order chi connectivity index (χ1) is 9.78. The van der Waals surface area contributed by atoms with E-state index in [9.17, 15) is 4.79 Å². The van der Waals surface area contributed by atoms with Gasteiger partial charge in [0.15, 0.2) is 0 Å². The summed E-state index contributed by atoms with van der Waals surface area (Å²) < 4.78 is 6.09. The van der Waals surface area contributed by atoms with Crippen molar-refractivity contribution < 1.29 is 9.53 Å². The Kier molecular flexibility index (Phi) is 3.30. The first kappa shape index (κ1) is 12.6. The Morgan fingerprint density at radius 3 is 3.00 bits per heavy atom. The first-order valence-electron chi connectivity index (χ1n) is 5.92. The van der Waals surface area contributed by atoms with Crippen LogP contribution in [0, 0.1) is 0 Å². The molecule has 1 amide bonds. The smallest absolute Gasteiger partial charge is 0.265 e. The van der Waals surface area contributed by atoms with Crippen LogP contribution in [0.1, 0.15) is 9.67 Å². The van der Waals surface area contributed by atoms with Gasteiger partial charge in [-0.1, -0.05) is 12.1 Å². The summed E-state index contributed by atoms with van der Waals surface area (Å²) in [5.41, 5.74) is 1.42. The normalized spacial score (nSPS) is 10.4. The van der Waals surface area contributed by atoms with Crippen LogP contribution in [0.3, 0.4) is 0 Å². The van der Waals surface area contributed by atoms with Crippen molar-refractivity contribution in [3.8, 4) is 5.75 Å². The van der Waals surface area contributed by atoms with E-state index in [0.717, 1.165) is 10.2 Å². The van der Waals surface area contributed by atoms with Gasteiger partial charge in [0.25, 0.3) is 5.91 Å². The van der Waals surface area contributed by atoms with Gasteiger partial charge in [-0.2, -0.15) is 0 Å². The van der Waals surface area contributed by atoms with Gasteiger partial charge in [-0.05, 0) is 18.2 Å². The number of ether oxygens (including phenoxy) is 1. The summed E-state index contributed by atoms with van der Waals surface area (Å²) in [7, 11) is 1.57. The van der Waals surface area contributed by atoms with E-state index in [-0.39, 0.29) is 5.91 Å². The summed E-state index contributed by atoms with van der Waals surface area (Å²) in [6.07, 6.45) is 3.17. The van der Waals surface area contributed by atoms with E-state index in [1.54, 1.807) is 31.5 Å². The molecule has 0 fully saturated rings. The molecular weight excluding hydrogens is 274 g/mol. The summed E-state index contributed by atoms with van der Waals surface area (Å²) in [6.45, 7) is 0. The lowest BCUT2D eigenvalue weighted by molar-refractivity contribution is 0.103. The third-order valence-corrected chi connectivity index (χ3v) is 3.83. The third-order valence-electron chi connectivity index (χ3n) is 2.77. The molecule has 0 aliphatic rings. The molecule has 0 saturated heterocycles. The predicted molar refractivity (Wildman–Crippen MR) is 78.4 cm³/mol. The zero-order valence-corrected chi connectivity index (χ0v) is 11.5. The minimum absolute atomic E-state index is 0.183. The lowest BCUT2D eigenvalue weighted by Gasteiger charge is -2.08. The zero-order valence-electron chi connectivity index (χ0n) is 10.7. The number of para-hydroxylation sites is 2. The molecule has 0 aliphatic carbocycles. The number of hydrogen-bond donors (Lipinski definition) is 1. The molecule has 0 atom stereocenters. The number of carbonyl (C=O) groups excluding carboxylic acids is 1. The molecule has 100 valence electrons. The number of hydrogen-bond acceptors (Lipinski definition) is 5. The fourth-order valence-corrected chi connectivity index (χ4v) is 2.71. The van der Waals surface area contributed by atoms with E-state index in [1.807, 2.05) is 12.1 Å². The Hall–Kier alpha value is -2.47. The number of nitrogens with one attached hydrogen (secondary N) is 1. The Balaban J connectivity index is 1.89. The molecule has 2 aromatic heterocycles. The van der Waals surface area contributed by atoms with E-state index in [4.69, 9.17) is 4.74 Å². The van der Waals surface area contributed by atoms with Crippen LogP contribution in [0.15, 0.2) is 42.9 Å². The van der Waals surface area contributed by atoms with Crippen molar-refractivity contribution >= 4 is 33.1 Å². The highest BCUT2D eigenvalue weighted by molar-refractivity contribution is 7.20. The van der Waals surface area contributed by atoms with Crippen LogP contribution in [0.2, 0.25) is 0 Å². The standard InChI is InChI=1S/C14H11N3O2S/c1-19-11-5-3-2-4-9(11)17-14(18)12-6-10-13(20-12)7-15-8-16-10/h2-8H,1H3,(H,17,18). The van der Waals surface area contributed by atoms with Gasteiger partial charge in [0, 0.05) is 6.20 Å². The average Bonchev–Trinajstić information content (AvgIpc) is 2.92. The van der Waals surface area contributed by atoms with Gasteiger partial charge >= 0.3 is 0 Å². The number of anilines is 1. The minimum atomic E-state index is -0.183. The highest BCUT2D eigenvalue weighted by Gasteiger charge is 2.13. The fraction of sp³-hybridized carbons (Fsp3) is 0.0714. The van der Waals surface area contributed by atoms with E-state index in [2.05, 4.69) is 15.3 Å². The second-order valence-electron chi connectivity index (χ2n) is 4.04. The quantitative estimate of drug-likeness (QED) is 0.803. The maximum Gasteiger partial charge on any atom is 0.265 e. The predicted octanol–water partition coefficient (Wildman–Crippen LogP) is 2.95. The van der Waals surface area contributed by atoms with Crippen molar-refractivity contribution in [2.75, 3.05) is 12.4 Å². The molecule has 1 aromatic carbocycles. The largest absolute Gasteiger partial charge is 0.495 e. The Labute approximate surface area is 119 Å². The summed E-state index contributed by atoms with van der Waals surface area (Å²) in [5.74, 6) is 0.444. The van der Waals surface area contributed by atoms with Crippen molar-refractivity contribution in [1.82, 2.24) is 9.97 Å². The van der Waals surface area contributed by atoms with Gasteiger partial charge in [0.1, 0.15) is 12.1 Å². The van der Waals surface area contributed by atoms with Gasteiger partial charge < -0.3 is 10.1 Å². The van der Waals surface area contributed by atoms with Crippen molar-refractivity contribution in [3.63, 3.8) is 0 Å². The topological polar surface area (TPSA) is 64.1 Å². The molecular formula is C14H11N3O2S. The maximum absolute atomic E-state index is 12.2. The van der Waals surface area contributed by atoms with E-state index < -0.39 is 0 Å². The third kappa shape index (κ3) is 2.33. The number of thiophene rings is 1. The molecule has 1 N–H and O–H groups in total. The average molecular weight is 285 g/mol. The number of nitrogens with zero attached hydrogens (tertiary/aromatic N) is 2. The van der Waals surface area contributed by atoms with Crippen molar-refractivity contribution in [1.29, 1.82) is 0 Å². The monoisotopic (exact) mass is 285 g/mol. The number of rotatable bonds is 3. The van der Waals surface area contributed by atoms with Crippen LogP contribution >= 0.6 is 11.3 Å². The molecule has 20 heavy (non-hydrogen) atoms. The molecule has 0 radical (unpaired) electrons. The number of aromatic nitrogens is 2. The molecule has 0 bridgehead atoms. The summed E-state index contributed by atoms with van der Waals surface area (Å²) in [6, 6.07) is 9.04. The van der Waals surface area contributed by atoms with Crippen LogP contribution < -0.4 is 10.1 Å². The van der Waals surface area contributed by atoms with E-state index in [0.29, 0.717) is 16.3 Å². The highest BCUT2D eigenvalue weighted by atomic mass is 32.1. The molecule has 3 aromatic rings. The van der Waals surface area contributed by atoms with Crippen LogP contribution in [0.4, 0.5) is 5.69 Å². The van der Waals surface area contributed by atoms with Gasteiger partial charge in [-0.15, -0.1) is 11.3 Å². The van der Waals surface area contributed by atoms with Crippen molar-refractivity contribution in [3.05, 3.63) is 47.7 Å². The Morgan fingerprint density at radius 1 is 1.35 bits per heavy atom. The molecule has 0 spiro atoms. The molecule has 0 unspecified atom stereocenters. The Bertz CT molecular complexity index is 737. The van der Waals surface area contributed by atoms with Crippen LogP contribution in [0.5, 0.6) is 5.75 Å². The van der Waals surface area contributed by atoms with Crippen LogP contribution in [-0.2, 0) is 0 Å². The van der Waals surface area contributed by atoms with Gasteiger partial charge in [-0.25, -0.2) is 9.97 Å². The van der Waals surface area contributed by atoms with E-state index in [1.165, 1.54) is 17.7 Å². The maximum atomic E-state index is 12.2. The summed E-state index contributed by atoms with van der Waals surface area (Å²) in [5, 5.41) is 2.84. The SMILES string of the molecule is COc1ccccc1NC(=O)c1cc2ncncc2s1. The van der Waals surface area contributed by atoms with Gasteiger partial charge in [-0.3, -0.25) is 4.79 Å². The molecule has 0 aliphatic heterocycles. The van der Waals surface area contributed by atoms with Gasteiger partial charge in [0.2, 0.25) is 0 Å². The first-order valence-corrected chi connectivity index (χ1v) is 6.73. The molecule has 3 rings (SSSR count). The number of methoxy groups -OCH3 is 1. The second-order valence-corrected chi connectivity index (χ2v) is 5.12. The van der Waals surface area contributed by atoms with Crippen molar-refractivity contribution in [2.24, 2.45) is 0 Å². The number of amides is 1. The number of benzene rings is 1. The fourth-order valence-electron chi connectivity index (χ4n) is 1.83. The summed E-state index contributed by atoms with van der Waals surface area (Å²) >= 11 is 1.36. The molecule has 6 heteroatoms. The highest BCUT2D eigenvalue weighted by Crippen LogP contribution is 2.27. The molecule has 5 nitrogen and oxygen atoms in total. The van der Waals surface area contributed by atoms with Crippen molar-refractivity contribution in [2.45, 2.75) is 0 Å². The lowest BCUT2D eigenvalue weighted by atomic mass is 10.3. The second kappa shape index (κ2) is 5.26.